The number of halogens is 1. The van der Waals surface area contributed by atoms with Crippen molar-refractivity contribution in [2.45, 2.75) is 24.3 Å². The van der Waals surface area contributed by atoms with Gasteiger partial charge in [0.15, 0.2) is 0 Å². The molecule has 0 aliphatic heterocycles. The molecule has 1 fully saturated rings. The Balaban J connectivity index is 1.78. The lowest BCUT2D eigenvalue weighted by molar-refractivity contribution is 0.209. The molecule has 2 aromatic carbocycles. The molecule has 3 rings (SSSR count). The van der Waals surface area contributed by atoms with Crippen molar-refractivity contribution in [1.29, 1.82) is 0 Å². The van der Waals surface area contributed by atoms with E-state index in [0.717, 1.165) is 23.4 Å². The molecule has 1 saturated carbocycles. The molecule has 1 aliphatic rings. The van der Waals surface area contributed by atoms with Gasteiger partial charge in [-0.1, -0.05) is 54.1 Å². The second kappa shape index (κ2) is 4.42. The summed E-state index contributed by atoms with van der Waals surface area (Å²) in [4.78, 5) is 0. The Morgan fingerprint density at radius 3 is 2.39 bits per heavy atom. The Bertz CT molecular complexity index is 544. The van der Waals surface area contributed by atoms with Gasteiger partial charge >= 0.3 is 0 Å². The Labute approximate surface area is 113 Å². The Morgan fingerprint density at radius 1 is 1.00 bits per heavy atom. The van der Waals surface area contributed by atoms with E-state index in [2.05, 4.69) is 36.4 Å². The topological polar surface area (TPSA) is 26.0 Å². The maximum atomic E-state index is 6.46. The van der Waals surface area contributed by atoms with E-state index >= 15 is 0 Å². The van der Waals surface area contributed by atoms with Crippen molar-refractivity contribution in [2.24, 2.45) is 5.73 Å². The van der Waals surface area contributed by atoms with Crippen LogP contribution in [0, 0.1) is 0 Å². The highest BCUT2D eigenvalue weighted by Crippen LogP contribution is 2.49. The zero-order chi connectivity index (χ0) is 12.6. The molecule has 92 valence electrons. The highest BCUT2D eigenvalue weighted by atomic mass is 35.5. The van der Waals surface area contributed by atoms with Crippen molar-refractivity contribution in [3.63, 3.8) is 0 Å². The van der Waals surface area contributed by atoms with Gasteiger partial charge in [0.1, 0.15) is 0 Å². The molecule has 0 radical (unpaired) electrons. The summed E-state index contributed by atoms with van der Waals surface area (Å²) in [7, 11) is 0. The van der Waals surface area contributed by atoms with Crippen LogP contribution < -0.4 is 5.73 Å². The predicted molar refractivity (Wildman–Crippen MR) is 75.7 cm³/mol. The van der Waals surface area contributed by atoms with E-state index in [1.165, 1.54) is 5.56 Å². The molecule has 1 nitrogen and oxygen atoms in total. The van der Waals surface area contributed by atoms with Crippen LogP contribution in [0.4, 0.5) is 0 Å². The van der Waals surface area contributed by atoms with Crippen molar-refractivity contribution in [3.8, 4) is 0 Å². The second-order valence-corrected chi connectivity index (χ2v) is 5.62. The molecule has 0 amide bonds. The summed E-state index contributed by atoms with van der Waals surface area (Å²) in [6, 6.07) is 18.5. The largest absolute Gasteiger partial charge is 0.321 e. The maximum Gasteiger partial charge on any atom is 0.0421 e. The normalized spacial score (nSPS) is 26.7. The van der Waals surface area contributed by atoms with E-state index in [1.807, 2.05) is 18.2 Å². The molecule has 2 N–H and O–H groups in total. The fraction of sp³-hybridized carbons (Fsp3) is 0.250. The van der Waals surface area contributed by atoms with Gasteiger partial charge in [0.05, 0.1) is 0 Å². The lowest BCUT2D eigenvalue weighted by Gasteiger charge is -2.45. The SMILES string of the molecule is NC1(c2cccc(Cl)c2)CC(c2ccccc2)C1. The first-order chi connectivity index (χ1) is 8.67. The minimum Gasteiger partial charge on any atom is -0.321 e. The Morgan fingerprint density at radius 2 is 1.72 bits per heavy atom. The van der Waals surface area contributed by atoms with Crippen LogP contribution >= 0.6 is 11.6 Å². The number of hydrogen-bond acceptors (Lipinski definition) is 1. The third-order valence-corrected chi connectivity index (χ3v) is 4.13. The smallest absolute Gasteiger partial charge is 0.0421 e. The molecule has 0 saturated heterocycles. The summed E-state index contributed by atoms with van der Waals surface area (Å²) in [6.07, 6.45) is 1.99. The third-order valence-electron chi connectivity index (χ3n) is 3.89. The van der Waals surface area contributed by atoms with Crippen molar-refractivity contribution in [2.75, 3.05) is 0 Å². The molecule has 2 heteroatoms. The third kappa shape index (κ3) is 2.05. The van der Waals surface area contributed by atoms with Gasteiger partial charge in [-0.3, -0.25) is 0 Å². The molecule has 1 aliphatic carbocycles. The van der Waals surface area contributed by atoms with Gasteiger partial charge in [0, 0.05) is 10.6 Å². The average molecular weight is 258 g/mol. The molecule has 0 aromatic heterocycles. The van der Waals surface area contributed by atoms with Crippen LogP contribution in [0.15, 0.2) is 54.6 Å². The average Bonchev–Trinajstić information content (AvgIpc) is 2.36. The highest BCUT2D eigenvalue weighted by molar-refractivity contribution is 6.30. The van der Waals surface area contributed by atoms with Crippen LogP contribution in [0.5, 0.6) is 0 Å². The number of hydrogen-bond donors (Lipinski definition) is 1. The lowest BCUT2D eigenvalue weighted by atomic mass is 9.63. The number of benzene rings is 2. The lowest BCUT2D eigenvalue weighted by Crippen LogP contribution is -2.47. The minimum absolute atomic E-state index is 0.203. The minimum atomic E-state index is -0.203. The molecule has 0 heterocycles. The number of nitrogens with two attached hydrogens (primary N) is 1. The first-order valence-electron chi connectivity index (χ1n) is 6.27. The molecule has 2 aromatic rings. The molecule has 0 unspecified atom stereocenters. The van der Waals surface area contributed by atoms with Gasteiger partial charge in [-0.25, -0.2) is 0 Å². The van der Waals surface area contributed by atoms with Crippen molar-refractivity contribution in [3.05, 3.63) is 70.7 Å². The fourth-order valence-corrected chi connectivity index (χ4v) is 3.00. The molecule has 0 atom stereocenters. The van der Waals surface area contributed by atoms with Crippen molar-refractivity contribution < 1.29 is 0 Å². The zero-order valence-electron chi connectivity index (χ0n) is 10.1. The molecule has 0 bridgehead atoms. The van der Waals surface area contributed by atoms with Gasteiger partial charge in [-0.05, 0) is 42.0 Å². The van der Waals surface area contributed by atoms with Crippen LogP contribution in [0.2, 0.25) is 5.02 Å². The summed E-state index contributed by atoms with van der Waals surface area (Å²) in [6.45, 7) is 0. The van der Waals surface area contributed by atoms with Crippen LogP contribution in [-0.4, -0.2) is 0 Å². The molecular formula is C16H16ClN. The summed E-state index contributed by atoms with van der Waals surface area (Å²) in [5.41, 5.74) is 8.80. The van der Waals surface area contributed by atoms with Gasteiger partial charge in [0.25, 0.3) is 0 Å². The van der Waals surface area contributed by atoms with Crippen LogP contribution in [0.25, 0.3) is 0 Å². The van der Waals surface area contributed by atoms with E-state index in [0.29, 0.717) is 5.92 Å². The molecule has 0 spiro atoms. The summed E-state index contributed by atoms with van der Waals surface area (Å²) < 4.78 is 0. The van der Waals surface area contributed by atoms with E-state index in [4.69, 9.17) is 17.3 Å². The van der Waals surface area contributed by atoms with Gasteiger partial charge < -0.3 is 5.73 Å². The maximum absolute atomic E-state index is 6.46. The van der Waals surface area contributed by atoms with E-state index in [-0.39, 0.29) is 5.54 Å². The predicted octanol–water partition coefficient (Wildman–Crippen LogP) is 4.07. The standard InChI is InChI=1S/C16H16ClN/c17-15-8-4-7-14(9-15)16(18)10-13(11-16)12-5-2-1-3-6-12/h1-9,13H,10-11,18H2. The van der Waals surface area contributed by atoms with Crippen LogP contribution in [0.3, 0.4) is 0 Å². The first-order valence-corrected chi connectivity index (χ1v) is 6.65. The van der Waals surface area contributed by atoms with E-state index in [1.54, 1.807) is 0 Å². The molecule has 18 heavy (non-hydrogen) atoms. The number of rotatable bonds is 2. The zero-order valence-corrected chi connectivity index (χ0v) is 10.9. The molecular weight excluding hydrogens is 242 g/mol. The summed E-state index contributed by atoms with van der Waals surface area (Å²) in [5.74, 6) is 0.579. The summed E-state index contributed by atoms with van der Waals surface area (Å²) in [5, 5.41) is 0.764. The fourth-order valence-electron chi connectivity index (χ4n) is 2.81. The quantitative estimate of drug-likeness (QED) is 0.862. The first kappa shape index (κ1) is 11.8. The van der Waals surface area contributed by atoms with E-state index < -0.39 is 0 Å². The monoisotopic (exact) mass is 257 g/mol. The highest BCUT2D eigenvalue weighted by Gasteiger charge is 2.42. The summed E-state index contributed by atoms with van der Waals surface area (Å²) >= 11 is 6.03. The Hall–Kier alpha value is -1.31. The van der Waals surface area contributed by atoms with Gasteiger partial charge in [-0.15, -0.1) is 0 Å². The van der Waals surface area contributed by atoms with Gasteiger partial charge in [-0.2, -0.15) is 0 Å². The second-order valence-electron chi connectivity index (χ2n) is 5.18. The van der Waals surface area contributed by atoms with E-state index in [9.17, 15) is 0 Å². The van der Waals surface area contributed by atoms with Crippen LogP contribution in [-0.2, 0) is 5.54 Å². The van der Waals surface area contributed by atoms with Gasteiger partial charge in [0.2, 0.25) is 0 Å². The Kier molecular flexibility index (Phi) is 2.89. The van der Waals surface area contributed by atoms with Crippen molar-refractivity contribution >= 4 is 11.6 Å². The van der Waals surface area contributed by atoms with Crippen LogP contribution in [0.1, 0.15) is 29.9 Å². The van der Waals surface area contributed by atoms with Crippen molar-refractivity contribution in [1.82, 2.24) is 0 Å².